The molecule has 1 aromatic rings. The van der Waals surface area contributed by atoms with Gasteiger partial charge in [0.25, 0.3) is 0 Å². The monoisotopic (exact) mass is 191 g/mol. The summed E-state index contributed by atoms with van der Waals surface area (Å²) in [6.45, 7) is 0. The zero-order valence-electron chi connectivity index (χ0n) is 5.05. The van der Waals surface area contributed by atoms with Crippen LogP contribution < -0.4 is 0 Å². The summed E-state index contributed by atoms with van der Waals surface area (Å²) in [7, 11) is 0. The molecule has 0 aliphatic carbocycles. The summed E-state index contributed by atoms with van der Waals surface area (Å²) in [6.07, 6.45) is 0. The van der Waals surface area contributed by atoms with Crippen LogP contribution in [0.4, 0.5) is 0 Å². The highest BCUT2D eigenvalue weighted by Gasteiger charge is 2.00. The Morgan fingerprint density at radius 3 is 2.20 bits per heavy atom. The van der Waals surface area contributed by atoms with Crippen molar-refractivity contribution in [1.29, 1.82) is 0 Å². The first kappa shape index (κ1) is 8.25. The van der Waals surface area contributed by atoms with E-state index in [0.717, 1.165) is 4.90 Å². The molecule has 0 aromatic heterocycles. The van der Waals surface area contributed by atoms with Gasteiger partial charge in [-0.2, -0.15) is 0 Å². The number of hydrogen-bond donors (Lipinski definition) is 0. The molecule has 0 unspecified atom stereocenters. The lowest BCUT2D eigenvalue weighted by molar-refractivity contribution is 1.47. The van der Waals surface area contributed by atoms with Crippen molar-refractivity contribution in [2.75, 3.05) is 0 Å². The normalized spacial score (nSPS) is 10.3. The molecule has 0 fully saturated rings. The molecule has 0 aliphatic heterocycles. The van der Waals surface area contributed by atoms with Crippen LogP contribution in [0.5, 0.6) is 0 Å². The van der Waals surface area contributed by atoms with Crippen molar-refractivity contribution in [3.8, 4) is 0 Å². The fourth-order valence-corrected chi connectivity index (χ4v) is 1.58. The van der Waals surface area contributed by atoms with E-state index in [2.05, 4.69) is 0 Å². The summed E-state index contributed by atoms with van der Waals surface area (Å²) in [6, 6.07) is 9.75. The van der Waals surface area contributed by atoms with Crippen molar-refractivity contribution in [2.24, 2.45) is 0 Å². The fourth-order valence-electron chi connectivity index (χ4n) is 0.578. The molecular formula is C7H5Cl2S. The number of rotatable bonds is 2. The molecule has 0 nitrogen and oxygen atoms in total. The number of hydrogen-bond acceptors (Lipinski definition) is 1. The minimum atomic E-state index is 0.325. The molecule has 0 atom stereocenters. The molecule has 0 N–H and O–H groups in total. The van der Waals surface area contributed by atoms with Crippen molar-refractivity contribution < 1.29 is 0 Å². The second-order valence-electron chi connectivity index (χ2n) is 1.64. The van der Waals surface area contributed by atoms with Crippen LogP contribution in [-0.4, -0.2) is 0 Å². The molecule has 53 valence electrons. The van der Waals surface area contributed by atoms with Gasteiger partial charge in [0.15, 0.2) is 0 Å². The Hall–Kier alpha value is 0.150. The fraction of sp³-hybridized carbons (Fsp3) is 0. The average molecular weight is 192 g/mol. The van der Waals surface area contributed by atoms with E-state index in [1.165, 1.54) is 11.8 Å². The van der Waals surface area contributed by atoms with E-state index in [1.54, 1.807) is 0 Å². The Kier molecular flexibility index (Phi) is 3.40. The van der Waals surface area contributed by atoms with Gasteiger partial charge in [-0.1, -0.05) is 53.2 Å². The Morgan fingerprint density at radius 2 is 1.70 bits per heavy atom. The summed E-state index contributed by atoms with van der Waals surface area (Å²) in [4.78, 5) is 1.06. The van der Waals surface area contributed by atoms with Crippen LogP contribution in [0, 0.1) is 4.17 Å². The Morgan fingerprint density at radius 1 is 1.10 bits per heavy atom. The highest BCUT2D eigenvalue weighted by atomic mass is 35.5. The quantitative estimate of drug-likeness (QED) is 0.643. The van der Waals surface area contributed by atoms with Gasteiger partial charge in [0.05, 0.1) is 0 Å². The highest BCUT2D eigenvalue weighted by Crippen LogP contribution is 2.34. The standard InChI is InChI=1S/C7H5Cl2S/c8-7(9)10-6-4-2-1-3-5-6/h1-5H. The summed E-state index contributed by atoms with van der Waals surface area (Å²) in [5.74, 6) is 0. The third-order valence-corrected chi connectivity index (χ3v) is 2.06. The minimum absolute atomic E-state index is 0.325. The molecule has 0 saturated carbocycles. The van der Waals surface area contributed by atoms with Crippen LogP contribution in [0.2, 0.25) is 0 Å². The van der Waals surface area contributed by atoms with Crippen LogP contribution in [0.3, 0.4) is 0 Å². The predicted octanol–water partition coefficient (Wildman–Crippen LogP) is 3.70. The lowest BCUT2D eigenvalue weighted by Crippen LogP contribution is -1.68. The molecule has 0 saturated heterocycles. The molecule has 1 aromatic carbocycles. The molecule has 0 aliphatic rings. The zero-order chi connectivity index (χ0) is 7.40. The highest BCUT2D eigenvalue weighted by molar-refractivity contribution is 8.05. The second kappa shape index (κ2) is 4.12. The van der Waals surface area contributed by atoms with E-state index in [-0.39, 0.29) is 0 Å². The van der Waals surface area contributed by atoms with Gasteiger partial charge in [0.2, 0.25) is 4.17 Å². The van der Waals surface area contributed by atoms with Gasteiger partial charge in [-0.3, -0.25) is 0 Å². The van der Waals surface area contributed by atoms with Crippen molar-refractivity contribution in [1.82, 2.24) is 0 Å². The van der Waals surface area contributed by atoms with Gasteiger partial charge in [-0.15, -0.1) is 0 Å². The SMILES string of the molecule is Cl[C](Cl)Sc1ccccc1. The largest absolute Gasteiger partial charge is 0.210 e. The van der Waals surface area contributed by atoms with Gasteiger partial charge in [-0.05, 0) is 12.1 Å². The maximum Gasteiger partial charge on any atom is 0.210 e. The van der Waals surface area contributed by atoms with Gasteiger partial charge >= 0.3 is 0 Å². The summed E-state index contributed by atoms with van der Waals surface area (Å²) >= 11 is 12.3. The van der Waals surface area contributed by atoms with Crippen molar-refractivity contribution in [3.63, 3.8) is 0 Å². The summed E-state index contributed by atoms with van der Waals surface area (Å²) in [5.41, 5.74) is 0. The third kappa shape index (κ3) is 2.82. The zero-order valence-corrected chi connectivity index (χ0v) is 7.38. The minimum Gasteiger partial charge on any atom is -0.0846 e. The lowest BCUT2D eigenvalue weighted by atomic mass is 10.4. The van der Waals surface area contributed by atoms with Crippen LogP contribution in [0.15, 0.2) is 35.2 Å². The van der Waals surface area contributed by atoms with Crippen LogP contribution in [-0.2, 0) is 0 Å². The lowest BCUT2D eigenvalue weighted by Gasteiger charge is -1.97. The third-order valence-electron chi connectivity index (χ3n) is 0.938. The average Bonchev–Trinajstić information content (AvgIpc) is 1.88. The van der Waals surface area contributed by atoms with Crippen LogP contribution in [0.1, 0.15) is 0 Å². The number of benzene rings is 1. The van der Waals surface area contributed by atoms with E-state index in [4.69, 9.17) is 23.2 Å². The molecule has 0 amide bonds. The summed E-state index contributed by atoms with van der Waals surface area (Å²) < 4.78 is 0.325. The van der Waals surface area contributed by atoms with Crippen LogP contribution >= 0.6 is 35.0 Å². The number of halogens is 2. The molecule has 3 heteroatoms. The first-order chi connectivity index (χ1) is 4.79. The maximum atomic E-state index is 5.46. The van der Waals surface area contributed by atoms with E-state index in [0.29, 0.717) is 4.17 Å². The predicted molar refractivity (Wildman–Crippen MR) is 47.2 cm³/mol. The van der Waals surface area contributed by atoms with E-state index in [9.17, 15) is 0 Å². The van der Waals surface area contributed by atoms with Crippen LogP contribution in [0.25, 0.3) is 0 Å². The van der Waals surface area contributed by atoms with E-state index >= 15 is 0 Å². The Balaban J connectivity index is 2.59. The molecule has 0 heterocycles. The van der Waals surface area contributed by atoms with Gasteiger partial charge in [-0.25, -0.2) is 0 Å². The molecular weight excluding hydrogens is 187 g/mol. The topological polar surface area (TPSA) is 0 Å². The molecule has 1 rings (SSSR count). The molecule has 0 spiro atoms. The Bertz CT molecular complexity index is 186. The van der Waals surface area contributed by atoms with Gasteiger partial charge < -0.3 is 0 Å². The van der Waals surface area contributed by atoms with Crippen molar-refractivity contribution in [3.05, 3.63) is 34.5 Å². The van der Waals surface area contributed by atoms with E-state index < -0.39 is 0 Å². The Labute approximate surface area is 74.5 Å². The first-order valence-corrected chi connectivity index (χ1v) is 4.27. The second-order valence-corrected chi connectivity index (χ2v) is 4.12. The van der Waals surface area contributed by atoms with Crippen molar-refractivity contribution in [2.45, 2.75) is 4.90 Å². The van der Waals surface area contributed by atoms with Crippen molar-refractivity contribution >= 4 is 35.0 Å². The van der Waals surface area contributed by atoms with Gasteiger partial charge in [0.1, 0.15) is 0 Å². The molecule has 0 bridgehead atoms. The smallest absolute Gasteiger partial charge is 0.0846 e. The van der Waals surface area contributed by atoms with E-state index in [1.807, 2.05) is 30.3 Å². The molecule has 10 heavy (non-hydrogen) atoms. The van der Waals surface area contributed by atoms with Gasteiger partial charge in [0, 0.05) is 4.90 Å². The maximum absolute atomic E-state index is 5.46. The number of thioether (sulfide) groups is 1. The molecule has 1 radical (unpaired) electrons. The summed E-state index contributed by atoms with van der Waals surface area (Å²) in [5, 5.41) is 0. The first-order valence-electron chi connectivity index (χ1n) is 2.70.